The van der Waals surface area contributed by atoms with Crippen molar-refractivity contribution >= 4 is 0 Å². The summed E-state index contributed by atoms with van der Waals surface area (Å²) < 4.78 is 0. The van der Waals surface area contributed by atoms with Crippen LogP contribution in [0, 0.1) is 40.4 Å². The molecule has 3 saturated carbocycles. The lowest BCUT2D eigenvalue weighted by atomic mass is 9.47. The zero-order valence-corrected chi connectivity index (χ0v) is 19.9. The van der Waals surface area contributed by atoms with Gasteiger partial charge in [-0.25, -0.2) is 0 Å². The Balaban J connectivity index is 1.45. The zero-order valence-electron chi connectivity index (χ0n) is 19.9. The molecule has 0 aromatic carbocycles. The van der Waals surface area contributed by atoms with Crippen LogP contribution in [-0.2, 0) is 0 Å². The predicted octanol–water partition coefficient (Wildman–Crippen LogP) is 5.48. The first-order chi connectivity index (χ1) is 14.1. The van der Waals surface area contributed by atoms with Crippen LogP contribution in [0.5, 0.6) is 0 Å². The van der Waals surface area contributed by atoms with Crippen LogP contribution in [-0.4, -0.2) is 33.6 Å². The highest BCUT2D eigenvalue weighted by Crippen LogP contribution is 2.67. The molecule has 0 aliphatic heterocycles. The molecule has 0 saturated heterocycles. The van der Waals surface area contributed by atoms with Gasteiger partial charge < -0.3 is 15.3 Å². The van der Waals surface area contributed by atoms with Crippen molar-refractivity contribution in [3.8, 4) is 0 Å². The van der Waals surface area contributed by atoms with Gasteiger partial charge in [-0.3, -0.25) is 0 Å². The minimum Gasteiger partial charge on any atom is -0.393 e. The van der Waals surface area contributed by atoms with Crippen molar-refractivity contribution in [2.75, 3.05) is 6.61 Å². The summed E-state index contributed by atoms with van der Waals surface area (Å²) in [5, 5.41) is 29.7. The number of hydrogen-bond acceptors (Lipinski definition) is 3. The molecule has 30 heavy (non-hydrogen) atoms. The fourth-order valence-electron chi connectivity index (χ4n) is 8.70. The highest BCUT2D eigenvalue weighted by atomic mass is 16.3. The Morgan fingerprint density at radius 2 is 1.90 bits per heavy atom. The Bertz CT molecular complexity index is 654. The molecule has 9 atom stereocenters. The average Bonchev–Trinajstić information content (AvgIpc) is 3.05. The van der Waals surface area contributed by atoms with E-state index in [-0.39, 0.29) is 12.7 Å². The van der Waals surface area contributed by atoms with Crippen molar-refractivity contribution < 1.29 is 15.3 Å². The summed E-state index contributed by atoms with van der Waals surface area (Å²) >= 11 is 0. The third-order valence-corrected chi connectivity index (χ3v) is 10.6. The van der Waals surface area contributed by atoms with Crippen LogP contribution in [0.1, 0.15) is 98.3 Å². The van der Waals surface area contributed by atoms with E-state index < -0.39 is 5.60 Å². The van der Waals surface area contributed by atoms with Crippen molar-refractivity contribution in [1.29, 1.82) is 0 Å². The lowest BCUT2D eigenvalue weighted by Gasteiger charge is -2.58. The smallest absolute Gasteiger partial charge is 0.0849 e. The summed E-state index contributed by atoms with van der Waals surface area (Å²) in [7, 11) is 0. The highest BCUT2D eigenvalue weighted by Gasteiger charge is 2.59. The van der Waals surface area contributed by atoms with Gasteiger partial charge in [0.05, 0.1) is 18.3 Å². The molecule has 3 heteroatoms. The summed E-state index contributed by atoms with van der Waals surface area (Å²) in [6, 6.07) is 0. The monoisotopic (exact) mass is 418 g/mol. The molecular formula is C27H46O3. The Kier molecular flexibility index (Phi) is 6.23. The molecule has 3 fully saturated rings. The SMILES string of the molecule is C[C@H](CCC[C@](C)(O)CO)[C@H]1CC[C@H]2[C@@H]3CC=C4CC(O)CC[C@]4(C)[C@H]3CC[C@]12C. The largest absolute Gasteiger partial charge is 0.393 e. The normalized spacial score (nSPS) is 46.2. The summed E-state index contributed by atoms with van der Waals surface area (Å²) in [4.78, 5) is 0. The number of aliphatic hydroxyl groups excluding tert-OH is 2. The molecule has 3 N–H and O–H groups in total. The molecule has 0 spiro atoms. The van der Waals surface area contributed by atoms with Crippen LogP contribution in [0.15, 0.2) is 11.6 Å². The summed E-state index contributed by atoms with van der Waals surface area (Å²) in [6.07, 6.45) is 15.1. The minimum absolute atomic E-state index is 0.113. The second-order valence-electron chi connectivity index (χ2n) is 12.4. The second-order valence-corrected chi connectivity index (χ2v) is 12.4. The van der Waals surface area contributed by atoms with Gasteiger partial charge in [0, 0.05) is 0 Å². The van der Waals surface area contributed by atoms with Crippen LogP contribution in [0.25, 0.3) is 0 Å². The topological polar surface area (TPSA) is 60.7 Å². The van der Waals surface area contributed by atoms with E-state index in [0.717, 1.165) is 49.4 Å². The van der Waals surface area contributed by atoms with E-state index in [1.54, 1.807) is 12.5 Å². The highest BCUT2D eigenvalue weighted by molar-refractivity contribution is 5.25. The van der Waals surface area contributed by atoms with Crippen LogP contribution in [0.2, 0.25) is 0 Å². The third-order valence-electron chi connectivity index (χ3n) is 10.6. The van der Waals surface area contributed by atoms with Gasteiger partial charge in [0.2, 0.25) is 0 Å². The number of allylic oxidation sites excluding steroid dienone is 1. The maximum Gasteiger partial charge on any atom is 0.0849 e. The van der Waals surface area contributed by atoms with E-state index in [1.807, 2.05) is 0 Å². The Labute approximate surface area is 184 Å². The molecule has 0 bridgehead atoms. The van der Waals surface area contributed by atoms with Crippen molar-refractivity contribution in [3.05, 3.63) is 11.6 Å². The van der Waals surface area contributed by atoms with Gasteiger partial charge in [-0.05, 0) is 105 Å². The quantitative estimate of drug-likeness (QED) is 0.501. The van der Waals surface area contributed by atoms with Gasteiger partial charge in [-0.1, -0.05) is 45.3 Å². The fraction of sp³-hybridized carbons (Fsp3) is 0.926. The van der Waals surface area contributed by atoms with Crippen molar-refractivity contribution in [3.63, 3.8) is 0 Å². The van der Waals surface area contributed by atoms with E-state index in [2.05, 4.69) is 26.8 Å². The van der Waals surface area contributed by atoms with E-state index >= 15 is 0 Å². The van der Waals surface area contributed by atoms with Gasteiger partial charge in [0.15, 0.2) is 0 Å². The lowest BCUT2D eigenvalue weighted by Crippen LogP contribution is -2.50. The molecule has 0 amide bonds. The van der Waals surface area contributed by atoms with E-state index in [0.29, 0.717) is 23.2 Å². The Morgan fingerprint density at radius 1 is 1.13 bits per heavy atom. The molecule has 3 nitrogen and oxygen atoms in total. The standard InChI is InChI=1S/C27H46O3/c1-18(6-5-13-25(2,30)17-28)22-9-10-23-21-8-7-19-16-20(29)11-14-26(19,3)24(21)12-15-27(22,23)4/h7,18,20-24,28-30H,5-6,8-17H2,1-4H3/t18-,20?,21+,22-,23+,24+,25+,26+,27-/m1/s1. The fourth-order valence-corrected chi connectivity index (χ4v) is 8.70. The van der Waals surface area contributed by atoms with Crippen molar-refractivity contribution in [2.45, 2.75) is 110 Å². The molecule has 0 aromatic heterocycles. The molecule has 4 aliphatic carbocycles. The van der Waals surface area contributed by atoms with Crippen molar-refractivity contribution in [1.82, 2.24) is 0 Å². The molecule has 0 aromatic rings. The summed E-state index contributed by atoms with van der Waals surface area (Å²) in [6.45, 7) is 9.19. The van der Waals surface area contributed by atoms with E-state index in [4.69, 9.17) is 0 Å². The van der Waals surface area contributed by atoms with E-state index in [1.165, 1.54) is 38.5 Å². The van der Waals surface area contributed by atoms with Gasteiger partial charge in [-0.2, -0.15) is 0 Å². The number of fused-ring (bicyclic) bond motifs is 5. The van der Waals surface area contributed by atoms with Crippen LogP contribution in [0.4, 0.5) is 0 Å². The number of aliphatic hydroxyl groups is 3. The number of hydrogen-bond donors (Lipinski definition) is 3. The predicted molar refractivity (Wildman–Crippen MR) is 122 cm³/mol. The summed E-state index contributed by atoms with van der Waals surface area (Å²) in [5.74, 6) is 4.00. The van der Waals surface area contributed by atoms with Gasteiger partial charge in [0.1, 0.15) is 0 Å². The maximum atomic E-state index is 10.2. The molecule has 0 heterocycles. The number of rotatable bonds is 6. The van der Waals surface area contributed by atoms with E-state index in [9.17, 15) is 15.3 Å². The lowest BCUT2D eigenvalue weighted by molar-refractivity contribution is -0.0579. The molecule has 0 radical (unpaired) electrons. The van der Waals surface area contributed by atoms with Gasteiger partial charge in [0.25, 0.3) is 0 Å². The van der Waals surface area contributed by atoms with Crippen molar-refractivity contribution in [2.24, 2.45) is 40.4 Å². The second kappa shape index (κ2) is 8.19. The molecular weight excluding hydrogens is 372 g/mol. The molecule has 4 rings (SSSR count). The first-order valence-corrected chi connectivity index (χ1v) is 12.8. The van der Waals surface area contributed by atoms with Crippen LogP contribution < -0.4 is 0 Å². The van der Waals surface area contributed by atoms with Gasteiger partial charge >= 0.3 is 0 Å². The Morgan fingerprint density at radius 3 is 2.63 bits per heavy atom. The first kappa shape index (κ1) is 22.8. The zero-order chi connectivity index (χ0) is 21.7. The molecule has 172 valence electrons. The van der Waals surface area contributed by atoms with Crippen LogP contribution in [0.3, 0.4) is 0 Å². The third kappa shape index (κ3) is 3.82. The molecule has 4 aliphatic rings. The first-order valence-electron chi connectivity index (χ1n) is 12.8. The molecule has 1 unspecified atom stereocenters. The summed E-state index contributed by atoms with van der Waals surface area (Å²) in [5.41, 5.74) is 1.46. The maximum absolute atomic E-state index is 10.2. The average molecular weight is 419 g/mol. The van der Waals surface area contributed by atoms with Gasteiger partial charge in [-0.15, -0.1) is 0 Å². The van der Waals surface area contributed by atoms with Crippen LogP contribution >= 0.6 is 0 Å². The Hall–Kier alpha value is -0.380. The minimum atomic E-state index is -0.922.